The molecule has 0 radical (unpaired) electrons. The van der Waals surface area contributed by atoms with E-state index in [0.717, 1.165) is 22.3 Å². The first-order valence-electron chi connectivity index (χ1n) is 11.1. The summed E-state index contributed by atoms with van der Waals surface area (Å²) in [5, 5.41) is 15.5. The molecule has 2 aromatic heterocycles. The van der Waals surface area contributed by atoms with E-state index in [0.29, 0.717) is 36.7 Å². The lowest BCUT2D eigenvalue weighted by atomic mass is 9.98. The fourth-order valence-corrected chi connectivity index (χ4v) is 3.89. The second-order valence-electron chi connectivity index (χ2n) is 8.24. The number of rotatable bonds is 9. The van der Waals surface area contributed by atoms with E-state index in [1.807, 2.05) is 19.9 Å². The number of anilines is 1. The molecular weight excluding hydrogens is 452 g/mol. The molecule has 0 fully saturated rings. The van der Waals surface area contributed by atoms with E-state index in [2.05, 4.69) is 26.0 Å². The molecule has 0 bridgehead atoms. The van der Waals surface area contributed by atoms with Gasteiger partial charge in [0.1, 0.15) is 5.82 Å². The van der Waals surface area contributed by atoms with E-state index >= 15 is 0 Å². The monoisotopic (exact) mass is 482 g/mol. The highest BCUT2D eigenvalue weighted by atomic mass is 16.5. The van der Waals surface area contributed by atoms with Crippen LogP contribution in [0, 0.1) is 13.8 Å². The number of amides is 3. The largest absolute Gasteiger partial charge is 0.481 e. The first kappa shape index (κ1) is 25.6. The van der Waals surface area contributed by atoms with Crippen molar-refractivity contribution in [3.8, 4) is 5.88 Å². The van der Waals surface area contributed by atoms with Crippen molar-refractivity contribution in [2.75, 3.05) is 19.0 Å². The molecule has 3 amide bonds. The van der Waals surface area contributed by atoms with Crippen LogP contribution in [0.1, 0.15) is 42.1 Å². The van der Waals surface area contributed by atoms with E-state index in [-0.39, 0.29) is 30.6 Å². The van der Waals surface area contributed by atoms with Crippen LogP contribution in [-0.2, 0) is 22.7 Å². The molecular formula is C24H30N6O5. The van der Waals surface area contributed by atoms with Gasteiger partial charge in [-0.25, -0.2) is 20.2 Å². The summed E-state index contributed by atoms with van der Waals surface area (Å²) in [6.07, 6.45) is 1.06. The number of aromatic nitrogens is 2. The lowest BCUT2D eigenvalue weighted by molar-refractivity contribution is -0.133. The molecule has 1 aliphatic heterocycles. The molecule has 0 spiro atoms. The summed E-state index contributed by atoms with van der Waals surface area (Å²) in [4.78, 5) is 45.0. The van der Waals surface area contributed by atoms with Gasteiger partial charge in [0.15, 0.2) is 0 Å². The predicted octanol–water partition coefficient (Wildman–Crippen LogP) is 2.45. The average Bonchev–Trinajstić information content (AvgIpc) is 2.80. The van der Waals surface area contributed by atoms with Gasteiger partial charge in [-0.05, 0) is 50.5 Å². The van der Waals surface area contributed by atoms with Gasteiger partial charge in [0.05, 0.1) is 13.5 Å². The first-order chi connectivity index (χ1) is 16.7. The molecule has 0 unspecified atom stereocenters. The summed E-state index contributed by atoms with van der Waals surface area (Å²) in [6.45, 7) is 6.52. The molecule has 0 aromatic carbocycles. The third-order valence-electron chi connectivity index (χ3n) is 5.82. The highest BCUT2D eigenvalue weighted by Crippen LogP contribution is 2.22. The molecule has 1 aliphatic rings. The first-order valence-corrected chi connectivity index (χ1v) is 11.1. The number of nitrogens with zero attached hydrogens (tertiary/aromatic N) is 3. The smallest absolute Gasteiger partial charge is 0.410 e. The number of ether oxygens (including phenoxy) is 1. The third kappa shape index (κ3) is 6.54. The number of carbonyl (C=O) groups excluding carboxylic acids is 2. The van der Waals surface area contributed by atoms with Crippen LogP contribution in [0.15, 0.2) is 35.5 Å². The van der Waals surface area contributed by atoms with Crippen LogP contribution in [0.25, 0.3) is 0 Å². The Bertz CT molecular complexity index is 1140. The molecule has 2 aromatic rings. The van der Waals surface area contributed by atoms with Crippen molar-refractivity contribution in [2.45, 2.75) is 46.7 Å². The minimum Gasteiger partial charge on any atom is -0.481 e. The van der Waals surface area contributed by atoms with E-state index in [1.54, 1.807) is 32.4 Å². The van der Waals surface area contributed by atoms with E-state index in [4.69, 9.17) is 9.84 Å². The quantitative estimate of drug-likeness (QED) is 0.426. The highest BCUT2D eigenvalue weighted by Gasteiger charge is 2.27. The van der Waals surface area contributed by atoms with Crippen LogP contribution in [0.2, 0.25) is 0 Å². The predicted molar refractivity (Wildman–Crippen MR) is 128 cm³/mol. The minimum absolute atomic E-state index is 0.0385. The third-order valence-corrected chi connectivity index (χ3v) is 5.82. The fourth-order valence-electron chi connectivity index (χ4n) is 3.89. The van der Waals surface area contributed by atoms with Crippen molar-refractivity contribution in [2.24, 2.45) is 0 Å². The molecule has 0 aliphatic carbocycles. The van der Waals surface area contributed by atoms with Gasteiger partial charge in [-0.3, -0.25) is 19.9 Å². The molecule has 0 saturated heterocycles. The summed E-state index contributed by atoms with van der Waals surface area (Å²) < 4.78 is 5.26. The number of carbonyl (C=O) groups is 3. The zero-order valence-corrected chi connectivity index (χ0v) is 20.3. The molecule has 35 heavy (non-hydrogen) atoms. The van der Waals surface area contributed by atoms with Crippen molar-refractivity contribution >= 4 is 23.7 Å². The zero-order valence-electron chi connectivity index (χ0n) is 20.3. The number of hydrazine groups is 1. The van der Waals surface area contributed by atoms with E-state index in [9.17, 15) is 14.4 Å². The maximum absolute atomic E-state index is 13.1. The molecule has 3 rings (SSSR count). The Morgan fingerprint density at radius 1 is 1.23 bits per heavy atom. The number of nitrogens with one attached hydrogen (secondary N) is 3. The van der Waals surface area contributed by atoms with Gasteiger partial charge in [0.2, 0.25) is 11.8 Å². The molecule has 11 nitrogen and oxygen atoms in total. The van der Waals surface area contributed by atoms with E-state index in [1.165, 1.54) is 5.01 Å². The van der Waals surface area contributed by atoms with Gasteiger partial charge in [0, 0.05) is 42.7 Å². The van der Waals surface area contributed by atoms with Gasteiger partial charge >= 0.3 is 6.09 Å². The number of hydrogen-bond acceptors (Lipinski definition) is 7. The summed E-state index contributed by atoms with van der Waals surface area (Å²) in [6, 6.07) is 5.28. The SMILES string of the molecule is COc1ncccc1CNN1CCC(C)=C(CC(=O)NCc2c(C)cc(NC(=O)O)nc2C)C1=O. The lowest BCUT2D eigenvalue weighted by Crippen LogP contribution is -2.47. The zero-order chi connectivity index (χ0) is 25.5. The molecule has 0 atom stereocenters. The second kappa shape index (κ2) is 11.4. The molecule has 11 heteroatoms. The van der Waals surface area contributed by atoms with Crippen LogP contribution in [0.4, 0.5) is 10.6 Å². The molecule has 0 saturated carbocycles. The van der Waals surface area contributed by atoms with Crippen LogP contribution < -0.4 is 20.8 Å². The highest BCUT2D eigenvalue weighted by molar-refractivity contribution is 5.99. The second-order valence-corrected chi connectivity index (χ2v) is 8.24. The van der Waals surface area contributed by atoms with Gasteiger partial charge in [-0.15, -0.1) is 0 Å². The van der Waals surface area contributed by atoms with Crippen LogP contribution in [0.5, 0.6) is 5.88 Å². The van der Waals surface area contributed by atoms with Crippen molar-refractivity contribution in [1.82, 2.24) is 25.7 Å². The Morgan fingerprint density at radius 3 is 2.69 bits per heavy atom. The Hall–Kier alpha value is -3.99. The fraction of sp³-hybridized carbons (Fsp3) is 0.375. The Kier molecular flexibility index (Phi) is 8.37. The van der Waals surface area contributed by atoms with Gasteiger partial charge in [0.25, 0.3) is 5.91 Å². The number of hydrogen-bond donors (Lipinski definition) is 4. The average molecular weight is 483 g/mol. The molecule has 3 heterocycles. The van der Waals surface area contributed by atoms with Crippen LogP contribution in [0.3, 0.4) is 0 Å². The standard InChI is InChI=1S/C24H30N6O5/c1-14-7-9-30(27-12-17-6-5-8-25-22(17)35-4)23(32)18(14)11-21(31)26-13-19-15(2)10-20(28-16(19)3)29-24(33)34/h5-6,8,10,27H,7,9,11-13H2,1-4H3,(H,26,31)(H,28,29)(H,33,34). The number of aryl methyl sites for hydroxylation is 2. The van der Waals surface area contributed by atoms with Crippen molar-refractivity contribution in [3.63, 3.8) is 0 Å². The summed E-state index contributed by atoms with van der Waals surface area (Å²) >= 11 is 0. The van der Waals surface area contributed by atoms with Gasteiger partial charge in [-0.1, -0.05) is 11.6 Å². The molecule has 186 valence electrons. The molecule has 4 N–H and O–H groups in total. The topological polar surface area (TPSA) is 146 Å². The maximum Gasteiger partial charge on any atom is 0.410 e. The van der Waals surface area contributed by atoms with Crippen LogP contribution in [-0.4, -0.2) is 51.6 Å². The van der Waals surface area contributed by atoms with Crippen molar-refractivity contribution < 1.29 is 24.2 Å². The van der Waals surface area contributed by atoms with Crippen LogP contribution >= 0.6 is 0 Å². The number of carboxylic acid groups (broad SMARTS) is 1. The summed E-state index contributed by atoms with van der Waals surface area (Å²) in [5.74, 6) is 0.204. The normalized spacial score (nSPS) is 13.6. The Labute approximate surface area is 203 Å². The number of pyridine rings is 2. The van der Waals surface area contributed by atoms with Crippen molar-refractivity contribution in [1.29, 1.82) is 0 Å². The minimum atomic E-state index is -1.19. The van der Waals surface area contributed by atoms with Gasteiger partial charge in [-0.2, -0.15) is 0 Å². The van der Waals surface area contributed by atoms with E-state index < -0.39 is 6.09 Å². The lowest BCUT2D eigenvalue weighted by Gasteiger charge is -2.30. The number of methoxy groups -OCH3 is 1. The maximum atomic E-state index is 13.1. The summed E-state index contributed by atoms with van der Waals surface area (Å²) in [5.41, 5.74) is 7.49. The summed E-state index contributed by atoms with van der Waals surface area (Å²) in [7, 11) is 1.54. The Morgan fingerprint density at radius 2 is 2.00 bits per heavy atom. The van der Waals surface area contributed by atoms with Crippen molar-refractivity contribution in [3.05, 3.63) is 57.9 Å². The Balaban J connectivity index is 1.60. The van der Waals surface area contributed by atoms with Gasteiger partial charge < -0.3 is 15.2 Å².